The maximum absolute atomic E-state index is 15.1. The van der Waals surface area contributed by atoms with Crippen molar-refractivity contribution in [1.29, 1.82) is 0 Å². The van der Waals surface area contributed by atoms with Gasteiger partial charge in [0, 0.05) is 11.8 Å². The molecule has 0 spiro atoms. The van der Waals surface area contributed by atoms with Gasteiger partial charge in [-0.1, -0.05) is 96.1 Å². The molecule has 0 aromatic heterocycles. The van der Waals surface area contributed by atoms with Crippen LogP contribution in [0, 0.1) is 13.8 Å². The van der Waals surface area contributed by atoms with Crippen molar-refractivity contribution >= 4 is 31.4 Å². The summed E-state index contributed by atoms with van der Waals surface area (Å²) in [5.41, 5.74) is 6.10. The Hall–Kier alpha value is -5.58. The minimum Gasteiger partial charge on any atom is -0.497 e. The fourth-order valence-electron chi connectivity index (χ4n) is 8.14. The van der Waals surface area contributed by atoms with Gasteiger partial charge in [0.25, 0.3) is 20.0 Å². The van der Waals surface area contributed by atoms with E-state index in [2.05, 4.69) is 0 Å². The number of nitrogens with zero attached hydrogens (tertiary/aromatic N) is 2. The van der Waals surface area contributed by atoms with E-state index in [4.69, 9.17) is 9.47 Å². The number of sulfonamides is 2. The molecule has 0 bridgehead atoms. The van der Waals surface area contributed by atoms with Crippen molar-refractivity contribution in [1.82, 2.24) is 0 Å². The van der Waals surface area contributed by atoms with Crippen LogP contribution < -0.4 is 18.1 Å². The van der Waals surface area contributed by atoms with Gasteiger partial charge in [-0.05, 0) is 96.8 Å². The molecule has 0 radical (unpaired) electrons. The van der Waals surface area contributed by atoms with Crippen LogP contribution in [0.15, 0.2) is 155 Å². The quantitative estimate of drug-likeness (QED) is 0.146. The third kappa shape index (κ3) is 5.81. The number of ether oxygens (including phenoxy) is 2. The molecule has 0 aliphatic carbocycles. The van der Waals surface area contributed by atoms with Gasteiger partial charge in [-0.25, -0.2) is 16.8 Å². The van der Waals surface area contributed by atoms with E-state index < -0.39 is 44.0 Å². The van der Waals surface area contributed by atoms with Crippen molar-refractivity contribution in [2.45, 2.75) is 47.6 Å². The summed E-state index contributed by atoms with van der Waals surface area (Å²) in [5, 5.41) is 0. The SMILES string of the molecule is COc1ccc([C@H]2[C@H]([C@@H]3c4ccccc4N(S(=O)(=O)c4ccc(C)cc4)[C@H]3c3ccc(OC)cc3)c3ccccc3N2S(=O)(=O)c2ccc(C)cc2)cc1. The highest BCUT2D eigenvalue weighted by molar-refractivity contribution is 7.93. The molecule has 0 unspecified atom stereocenters. The number of fused-ring (bicyclic) bond motifs is 2. The largest absolute Gasteiger partial charge is 0.497 e. The smallest absolute Gasteiger partial charge is 0.264 e. The molecule has 10 heteroatoms. The van der Waals surface area contributed by atoms with E-state index in [1.807, 2.05) is 111 Å². The molecule has 6 aromatic carbocycles. The lowest BCUT2D eigenvalue weighted by molar-refractivity contribution is 0.412. The third-order valence-electron chi connectivity index (χ3n) is 10.7. The molecule has 2 heterocycles. The normalized spacial score (nSPS) is 19.3. The molecule has 274 valence electrons. The summed E-state index contributed by atoms with van der Waals surface area (Å²) in [6.45, 7) is 3.84. The Morgan fingerprint density at radius 2 is 0.778 bits per heavy atom. The second-order valence-corrected chi connectivity index (χ2v) is 17.5. The van der Waals surface area contributed by atoms with Gasteiger partial charge in [-0.15, -0.1) is 0 Å². The maximum Gasteiger partial charge on any atom is 0.264 e. The molecular formula is C44H40N2O6S2. The van der Waals surface area contributed by atoms with Crippen LogP contribution in [0.5, 0.6) is 11.5 Å². The number of anilines is 2. The van der Waals surface area contributed by atoms with Crippen LogP contribution in [0.25, 0.3) is 0 Å². The van der Waals surface area contributed by atoms with E-state index in [0.29, 0.717) is 22.9 Å². The molecule has 8 rings (SSSR count). The lowest BCUT2D eigenvalue weighted by Gasteiger charge is -2.37. The third-order valence-corrected chi connectivity index (χ3v) is 14.3. The van der Waals surface area contributed by atoms with E-state index >= 15 is 16.8 Å². The monoisotopic (exact) mass is 756 g/mol. The summed E-state index contributed by atoms with van der Waals surface area (Å²) in [6, 6.07) is 42.4. The summed E-state index contributed by atoms with van der Waals surface area (Å²) in [5.74, 6) is 0.190. The first-order chi connectivity index (χ1) is 26.0. The Labute approximate surface area is 317 Å². The van der Waals surface area contributed by atoms with Gasteiger partial charge in [-0.2, -0.15) is 0 Å². The first-order valence-electron chi connectivity index (χ1n) is 17.7. The molecular weight excluding hydrogens is 717 g/mol. The van der Waals surface area contributed by atoms with Gasteiger partial charge in [0.1, 0.15) is 11.5 Å². The minimum absolute atomic E-state index is 0.171. The van der Waals surface area contributed by atoms with E-state index in [9.17, 15) is 0 Å². The van der Waals surface area contributed by atoms with E-state index in [0.717, 1.165) is 33.4 Å². The summed E-state index contributed by atoms with van der Waals surface area (Å²) in [7, 11) is -5.11. The molecule has 0 saturated carbocycles. The van der Waals surface area contributed by atoms with Crippen LogP contribution in [0.1, 0.15) is 57.3 Å². The van der Waals surface area contributed by atoms with E-state index in [1.54, 1.807) is 71.4 Å². The zero-order valence-electron chi connectivity index (χ0n) is 30.3. The fraction of sp³-hybridized carbons (Fsp3) is 0.182. The Balaban J connectivity index is 1.41. The van der Waals surface area contributed by atoms with Crippen LogP contribution >= 0.6 is 0 Å². The summed E-state index contributed by atoms with van der Waals surface area (Å²) >= 11 is 0. The molecule has 0 fully saturated rings. The highest BCUT2D eigenvalue weighted by Crippen LogP contribution is 2.64. The number of hydrogen-bond donors (Lipinski definition) is 0. The van der Waals surface area contributed by atoms with Gasteiger partial charge in [-0.3, -0.25) is 8.61 Å². The average Bonchev–Trinajstić information content (AvgIpc) is 3.72. The lowest BCUT2D eigenvalue weighted by atomic mass is 9.73. The Kier molecular flexibility index (Phi) is 8.98. The topological polar surface area (TPSA) is 93.2 Å². The number of methoxy groups -OCH3 is 2. The molecule has 54 heavy (non-hydrogen) atoms. The molecule has 0 amide bonds. The second-order valence-electron chi connectivity index (χ2n) is 13.8. The van der Waals surface area contributed by atoms with Crippen LogP contribution in [0.3, 0.4) is 0 Å². The van der Waals surface area contributed by atoms with Crippen molar-refractivity contribution in [3.63, 3.8) is 0 Å². The molecule has 4 atom stereocenters. The van der Waals surface area contributed by atoms with Crippen LogP contribution in [0.4, 0.5) is 11.4 Å². The van der Waals surface area contributed by atoms with Crippen molar-refractivity contribution in [3.05, 3.63) is 179 Å². The predicted octanol–water partition coefficient (Wildman–Crippen LogP) is 9.09. The number of benzene rings is 6. The van der Waals surface area contributed by atoms with E-state index in [1.165, 1.54) is 0 Å². The van der Waals surface area contributed by atoms with Crippen LogP contribution in [0.2, 0.25) is 0 Å². The first-order valence-corrected chi connectivity index (χ1v) is 20.6. The summed E-state index contributed by atoms with van der Waals surface area (Å²) in [4.78, 5) is 0.341. The highest BCUT2D eigenvalue weighted by Gasteiger charge is 2.56. The van der Waals surface area contributed by atoms with Crippen molar-refractivity contribution < 1.29 is 26.3 Å². The molecule has 2 aliphatic heterocycles. The van der Waals surface area contributed by atoms with Gasteiger partial charge in [0.15, 0.2) is 0 Å². The maximum atomic E-state index is 15.1. The van der Waals surface area contributed by atoms with Gasteiger partial charge in [0.05, 0.1) is 47.5 Å². The molecule has 0 saturated heterocycles. The molecule has 6 aromatic rings. The summed E-state index contributed by atoms with van der Waals surface area (Å²) < 4.78 is 74.4. The standard InChI is InChI=1S/C44H40N2O6S2/c1-29-13-25-35(26-14-29)53(47,48)45-39-11-7-5-9-37(39)41(43(45)31-17-21-33(51-3)22-18-31)42-38-10-6-8-12-40(38)46(44(42)32-19-23-34(52-4)24-20-32)54(49,50)36-27-15-30(2)16-28-36/h5-28,41-44H,1-4H3/t41-,42-,43-,44-/m0/s1. The van der Waals surface area contributed by atoms with Crippen molar-refractivity contribution in [2.75, 3.05) is 22.8 Å². The van der Waals surface area contributed by atoms with Crippen LogP contribution in [-0.2, 0) is 20.0 Å². The Bertz CT molecular complexity index is 2360. The molecule has 0 N–H and O–H groups in total. The average molecular weight is 757 g/mol. The highest BCUT2D eigenvalue weighted by atomic mass is 32.2. The molecule has 8 nitrogen and oxygen atoms in total. The van der Waals surface area contributed by atoms with Crippen molar-refractivity contribution in [3.8, 4) is 11.5 Å². The van der Waals surface area contributed by atoms with Crippen LogP contribution in [-0.4, -0.2) is 31.1 Å². The first kappa shape index (κ1) is 35.4. The Morgan fingerprint density at radius 3 is 1.11 bits per heavy atom. The van der Waals surface area contributed by atoms with Gasteiger partial charge >= 0.3 is 0 Å². The molecule has 2 aliphatic rings. The summed E-state index contributed by atoms with van der Waals surface area (Å²) in [6.07, 6.45) is 0. The Morgan fingerprint density at radius 1 is 0.444 bits per heavy atom. The zero-order valence-corrected chi connectivity index (χ0v) is 32.0. The zero-order chi connectivity index (χ0) is 37.8. The van der Waals surface area contributed by atoms with E-state index in [-0.39, 0.29) is 9.79 Å². The number of para-hydroxylation sites is 2. The lowest BCUT2D eigenvalue weighted by Crippen LogP contribution is -2.37. The van der Waals surface area contributed by atoms with Crippen molar-refractivity contribution in [2.24, 2.45) is 0 Å². The van der Waals surface area contributed by atoms with Gasteiger partial charge in [0.2, 0.25) is 0 Å². The van der Waals surface area contributed by atoms with Gasteiger partial charge < -0.3 is 9.47 Å². The second kappa shape index (κ2) is 13.7. The number of hydrogen-bond acceptors (Lipinski definition) is 6. The number of aryl methyl sites for hydroxylation is 2. The fourth-order valence-corrected chi connectivity index (χ4v) is 11.5. The minimum atomic E-state index is -4.15. The number of rotatable bonds is 9. The predicted molar refractivity (Wildman–Crippen MR) is 212 cm³/mol.